The number of hydrogen-bond acceptors (Lipinski definition) is 11. The number of likely N-dealkylation sites (tertiary alicyclic amines) is 2. The van der Waals surface area contributed by atoms with E-state index < -0.39 is 23.6 Å². The lowest BCUT2D eigenvalue weighted by Crippen LogP contribution is -2.58. The number of nitrogens with zero attached hydrogens (tertiary/aromatic N) is 6. The molecule has 6 aliphatic heterocycles. The Morgan fingerprint density at radius 3 is 2.50 bits per heavy atom. The number of fused-ring (bicyclic) bond motifs is 5. The van der Waals surface area contributed by atoms with Gasteiger partial charge < -0.3 is 29.3 Å². The van der Waals surface area contributed by atoms with Gasteiger partial charge in [-0.25, -0.2) is 23.4 Å². The van der Waals surface area contributed by atoms with Gasteiger partial charge in [-0.1, -0.05) is 30.2 Å². The number of carbonyl (C=O) groups excluding carboxylic acids is 3. The average molecular weight is 824 g/mol. The summed E-state index contributed by atoms with van der Waals surface area (Å²) < 4.78 is 50.6. The van der Waals surface area contributed by atoms with Crippen molar-refractivity contribution in [3.8, 4) is 23.6 Å². The van der Waals surface area contributed by atoms with Crippen LogP contribution < -0.4 is 5.32 Å². The van der Waals surface area contributed by atoms with E-state index >= 15 is 8.78 Å². The van der Waals surface area contributed by atoms with Crippen LogP contribution in [-0.4, -0.2) is 130 Å². The van der Waals surface area contributed by atoms with Crippen LogP contribution in [0, 0.1) is 24.0 Å². The van der Waals surface area contributed by atoms with E-state index in [1.54, 1.807) is 35.4 Å². The Hall–Kier alpha value is -5.33. The first-order valence-corrected chi connectivity index (χ1v) is 21.1. The van der Waals surface area contributed by atoms with Gasteiger partial charge in [-0.15, -0.1) is 6.42 Å². The summed E-state index contributed by atoms with van der Waals surface area (Å²) in [5.74, 6) is 1.90. The summed E-state index contributed by atoms with van der Waals surface area (Å²) in [5, 5.41) is 4.30. The van der Waals surface area contributed by atoms with Gasteiger partial charge in [0.15, 0.2) is 5.82 Å². The predicted molar refractivity (Wildman–Crippen MR) is 220 cm³/mol. The van der Waals surface area contributed by atoms with Crippen molar-refractivity contribution >= 4 is 40.3 Å². The largest absolute Gasteiger partial charge is 0.448 e. The zero-order chi connectivity index (χ0) is 41.9. The van der Waals surface area contributed by atoms with Crippen LogP contribution >= 0.6 is 0 Å². The highest BCUT2D eigenvalue weighted by molar-refractivity contribution is 6.06. The second kappa shape index (κ2) is 15.6. The highest BCUT2D eigenvalue weighted by Crippen LogP contribution is 2.44. The number of aromatic nitrogens is 1. The lowest BCUT2D eigenvalue weighted by atomic mass is 9.95. The maximum absolute atomic E-state index is 17.3. The molecule has 5 atom stereocenters. The van der Waals surface area contributed by atoms with Crippen LogP contribution in [-0.2, 0) is 19.0 Å². The maximum atomic E-state index is 17.3. The maximum Gasteiger partial charge on any atom is 0.410 e. The first kappa shape index (κ1) is 40.1. The molecular formula is C45H51F2N7O6. The topological polar surface area (TPSA) is 129 Å². The van der Waals surface area contributed by atoms with Crippen molar-refractivity contribution in [1.82, 2.24) is 24.6 Å². The molecule has 3 aromatic rings. The number of amides is 2. The number of aliphatic imine (C=N–C) groups is 1. The number of hydrogen-bond donors (Lipinski definition) is 1. The number of pyridine rings is 1. The van der Waals surface area contributed by atoms with Crippen LogP contribution in [0.3, 0.4) is 0 Å². The van der Waals surface area contributed by atoms with Crippen molar-refractivity contribution in [2.45, 2.75) is 108 Å². The number of terminal acetylenes is 1. The van der Waals surface area contributed by atoms with Gasteiger partial charge in [0.1, 0.15) is 35.3 Å². The van der Waals surface area contributed by atoms with E-state index in [1.165, 1.54) is 6.07 Å². The van der Waals surface area contributed by atoms with Gasteiger partial charge in [-0.3, -0.25) is 19.6 Å². The molecule has 9 rings (SSSR count). The fourth-order valence-electron chi connectivity index (χ4n) is 10.3. The third kappa shape index (κ3) is 7.31. The molecule has 0 aliphatic carbocycles. The highest BCUT2D eigenvalue weighted by Gasteiger charge is 2.51. The standard InChI is InChI=1S/C45H51F2N7O6/c1-5-32-35(46)13-10-27-8-6-9-33(36(27)32)38-37(47)39-34(22-48-38)40(52-23-28-11-12-29(24-52)54(28)43(57)60-44(2,3)4)50-41(49-39)59-26-45-17-7-19-53(45)30(14-18-45)25-58-42(56)51-20-15-31(55)16-21-51/h1,6,8-10,13,22,28-30,41,49H,7,11-12,14-21,23-26H2,2-4H3/t28?,29?,30-,41?,45-/m0/s1. The lowest BCUT2D eigenvalue weighted by molar-refractivity contribution is -0.121. The molecule has 2 amide bonds. The number of Topliss-reactive ketones (excluding diaryl/α,β-unsaturated/α-hetero) is 1. The Labute approximate surface area is 348 Å². The Kier molecular flexibility index (Phi) is 10.4. The molecule has 5 saturated heterocycles. The van der Waals surface area contributed by atoms with Crippen molar-refractivity contribution < 1.29 is 37.4 Å². The molecule has 0 spiro atoms. The van der Waals surface area contributed by atoms with Crippen molar-refractivity contribution in [2.24, 2.45) is 4.99 Å². The number of ether oxygens (including phenoxy) is 3. The molecule has 6 aliphatic rings. The molecule has 0 radical (unpaired) electrons. The van der Waals surface area contributed by atoms with E-state index in [0.29, 0.717) is 73.4 Å². The minimum absolute atomic E-state index is 0.00802. The summed E-state index contributed by atoms with van der Waals surface area (Å²) in [5.41, 5.74) is 0.0562. The zero-order valence-electron chi connectivity index (χ0n) is 34.3. The lowest BCUT2D eigenvalue weighted by Gasteiger charge is -2.43. The molecule has 7 heterocycles. The summed E-state index contributed by atoms with van der Waals surface area (Å²) in [6, 6.07) is 7.94. The third-order valence-corrected chi connectivity index (χ3v) is 13.1. The van der Waals surface area contributed by atoms with Gasteiger partial charge >= 0.3 is 12.2 Å². The third-order valence-electron chi connectivity index (χ3n) is 13.1. The van der Waals surface area contributed by atoms with E-state index in [0.717, 1.165) is 45.1 Å². The molecule has 5 fully saturated rings. The van der Waals surface area contributed by atoms with Crippen molar-refractivity contribution in [2.75, 3.05) is 51.3 Å². The highest BCUT2D eigenvalue weighted by atomic mass is 19.1. The van der Waals surface area contributed by atoms with E-state index in [1.807, 2.05) is 25.7 Å². The van der Waals surface area contributed by atoms with Gasteiger partial charge in [0, 0.05) is 67.7 Å². The zero-order valence-corrected chi connectivity index (χ0v) is 34.3. The Balaban J connectivity index is 0.998. The molecular weight excluding hydrogens is 773 g/mol. The molecule has 2 aromatic carbocycles. The molecule has 60 heavy (non-hydrogen) atoms. The van der Waals surface area contributed by atoms with Gasteiger partial charge in [0.25, 0.3) is 0 Å². The molecule has 316 valence electrons. The van der Waals surface area contributed by atoms with Gasteiger partial charge in [-0.05, 0) is 77.3 Å². The fourth-order valence-corrected chi connectivity index (χ4v) is 10.3. The molecule has 3 unspecified atom stereocenters. The number of nitrogens with one attached hydrogen (secondary N) is 1. The van der Waals surface area contributed by atoms with Crippen molar-refractivity contribution in [3.63, 3.8) is 0 Å². The number of rotatable bonds is 6. The number of amidine groups is 1. The minimum Gasteiger partial charge on any atom is -0.448 e. The van der Waals surface area contributed by atoms with E-state index in [4.69, 9.17) is 25.6 Å². The number of halogens is 2. The molecule has 15 heteroatoms. The molecule has 13 nitrogen and oxygen atoms in total. The second-order valence-electron chi connectivity index (χ2n) is 17.9. The molecule has 1 aromatic heterocycles. The smallest absolute Gasteiger partial charge is 0.410 e. The van der Waals surface area contributed by atoms with E-state index in [-0.39, 0.29) is 65.2 Å². The quantitative estimate of drug-likeness (QED) is 0.275. The summed E-state index contributed by atoms with van der Waals surface area (Å²) in [6.45, 7) is 8.65. The van der Waals surface area contributed by atoms with Gasteiger partial charge in [0.05, 0.1) is 35.5 Å². The van der Waals surface area contributed by atoms with Crippen LogP contribution in [0.25, 0.3) is 22.0 Å². The van der Waals surface area contributed by atoms with Crippen molar-refractivity contribution in [3.05, 3.63) is 59.3 Å². The Bertz CT molecular complexity index is 2290. The molecule has 2 bridgehead atoms. The fraction of sp³-hybridized carbons (Fsp3) is 0.533. The number of anilines is 1. The first-order chi connectivity index (χ1) is 28.8. The number of piperidine rings is 1. The van der Waals surface area contributed by atoms with Gasteiger partial charge in [-0.2, -0.15) is 0 Å². The number of piperazine rings is 1. The minimum atomic E-state index is -0.972. The van der Waals surface area contributed by atoms with Crippen LogP contribution in [0.15, 0.2) is 41.5 Å². The normalized spacial score (nSPS) is 26.4. The summed E-state index contributed by atoms with van der Waals surface area (Å²) in [7, 11) is 0. The van der Waals surface area contributed by atoms with Crippen LogP contribution in [0.1, 0.15) is 83.3 Å². The first-order valence-electron chi connectivity index (χ1n) is 21.1. The van der Waals surface area contributed by atoms with Crippen molar-refractivity contribution in [1.29, 1.82) is 0 Å². The average Bonchev–Trinajstić information content (AvgIpc) is 3.88. The van der Waals surface area contributed by atoms with Gasteiger partial charge in [0.2, 0.25) is 6.35 Å². The van der Waals surface area contributed by atoms with Crippen LogP contribution in [0.5, 0.6) is 0 Å². The molecule has 1 N–H and O–H groups in total. The van der Waals surface area contributed by atoms with E-state index in [2.05, 4.69) is 26.0 Å². The second-order valence-corrected chi connectivity index (χ2v) is 17.9. The number of ketones is 1. The summed E-state index contributed by atoms with van der Waals surface area (Å²) >= 11 is 0. The SMILES string of the molecule is C#Cc1c(F)ccc2cccc(-c3ncc4c(c3F)NC(OC[C@@]35CCCN3[C@H](COC(=O)N3CCC(=O)CC3)CC5)N=C4N3CC4CCC(C3)N4C(=O)OC(C)(C)C)c12. The van der Waals surface area contributed by atoms with Crippen LogP contribution in [0.2, 0.25) is 0 Å². The monoisotopic (exact) mass is 823 g/mol. The van der Waals surface area contributed by atoms with Crippen LogP contribution in [0.4, 0.5) is 24.1 Å². The predicted octanol–water partition coefficient (Wildman–Crippen LogP) is 6.52. The number of benzene rings is 2. The van der Waals surface area contributed by atoms with E-state index in [9.17, 15) is 14.4 Å². The number of carbonyl (C=O) groups is 3. The summed E-state index contributed by atoms with van der Waals surface area (Å²) in [4.78, 5) is 55.6. The Morgan fingerprint density at radius 1 is 1.00 bits per heavy atom. The molecule has 0 saturated carbocycles. The summed E-state index contributed by atoms with van der Waals surface area (Å²) in [6.07, 6.45) is 11.5. The Morgan fingerprint density at radius 2 is 1.77 bits per heavy atom.